The Morgan fingerprint density at radius 2 is 2.15 bits per heavy atom. The van der Waals surface area contributed by atoms with Crippen LogP contribution in [0.1, 0.15) is 40.5 Å². The van der Waals surface area contributed by atoms with Crippen LogP contribution >= 0.6 is 23.3 Å². The number of fused-ring (bicyclic) bond motifs is 1. The maximum atomic E-state index is 5.73. The van der Waals surface area contributed by atoms with Gasteiger partial charge in [0.05, 0.1) is 16.8 Å². The fourth-order valence-corrected chi connectivity index (χ4v) is 3.37. The lowest BCUT2D eigenvalue weighted by Gasteiger charge is -2.17. The van der Waals surface area contributed by atoms with Gasteiger partial charge in [-0.15, -0.1) is 11.3 Å². The van der Waals surface area contributed by atoms with Crippen LogP contribution < -0.4 is 9.46 Å². The van der Waals surface area contributed by atoms with Crippen molar-refractivity contribution in [2.24, 2.45) is 0 Å². The van der Waals surface area contributed by atoms with Crippen LogP contribution in [0.15, 0.2) is 22.5 Å². The predicted molar refractivity (Wildman–Crippen MR) is 88.8 cm³/mol. The first-order chi connectivity index (χ1) is 9.48. The number of thiazole rings is 1. The van der Waals surface area contributed by atoms with Crippen molar-refractivity contribution >= 4 is 33.5 Å². The molecule has 2 rings (SSSR count). The van der Waals surface area contributed by atoms with Crippen molar-refractivity contribution < 1.29 is 4.74 Å². The van der Waals surface area contributed by atoms with Gasteiger partial charge in [0.15, 0.2) is 4.34 Å². The fourth-order valence-electron chi connectivity index (χ4n) is 1.55. The van der Waals surface area contributed by atoms with Crippen LogP contribution in [0, 0.1) is 0 Å². The van der Waals surface area contributed by atoms with Crippen LogP contribution in [0.25, 0.3) is 10.2 Å². The van der Waals surface area contributed by atoms with Gasteiger partial charge in [-0.2, -0.15) is 0 Å². The lowest BCUT2D eigenvalue weighted by molar-refractivity contribution is 0.310. The zero-order valence-corrected chi connectivity index (χ0v) is 14.2. The molecular weight excluding hydrogens is 288 g/mol. The van der Waals surface area contributed by atoms with Crippen LogP contribution in [0.2, 0.25) is 0 Å². The average Bonchev–Trinajstić information content (AvgIpc) is 2.78. The van der Waals surface area contributed by atoms with E-state index < -0.39 is 0 Å². The van der Waals surface area contributed by atoms with Crippen LogP contribution in [-0.2, 0) is 0 Å². The molecule has 5 heteroatoms. The van der Waals surface area contributed by atoms with Gasteiger partial charge in [-0.25, -0.2) is 4.98 Å². The van der Waals surface area contributed by atoms with Gasteiger partial charge in [0.1, 0.15) is 5.75 Å². The summed E-state index contributed by atoms with van der Waals surface area (Å²) in [5.41, 5.74) is 1.12. The normalized spacial score (nSPS) is 12.0. The maximum absolute atomic E-state index is 5.73. The minimum absolute atomic E-state index is 0.0803. The zero-order chi connectivity index (χ0) is 14.6. The molecule has 110 valence electrons. The second-order valence-electron chi connectivity index (χ2n) is 5.77. The summed E-state index contributed by atoms with van der Waals surface area (Å²) in [7, 11) is 0. The number of unbranched alkanes of at least 4 members (excludes halogenated alkanes) is 1. The number of rotatable bonds is 6. The molecular formula is C15H22N2OS2. The molecule has 0 aliphatic rings. The molecule has 0 saturated carbocycles. The quantitative estimate of drug-likeness (QED) is 0.609. The molecule has 0 atom stereocenters. The highest BCUT2D eigenvalue weighted by Crippen LogP contribution is 2.31. The van der Waals surface area contributed by atoms with Gasteiger partial charge in [0, 0.05) is 5.54 Å². The van der Waals surface area contributed by atoms with E-state index >= 15 is 0 Å². The third-order valence-corrected chi connectivity index (χ3v) is 4.84. The standard InChI is InChI=1S/C15H22N2OS2/c1-5-6-9-18-11-7-8-12-13(10-11)19-14(16-12)20-17-15(2,3)4/h7-8,10,17H,5-6,9H2,1-4H3. The van der Waals surface area contributed by atoms with Crippen molar-refractivity contribution in [1.29, 1.82) is 0 Å². The van der Waals surface area contributed by atoms with Crippen molar-refractivity contribution in [2.75, 3.05) is 6.61 Å². The smallest absolute Gasteiger partial charge is 0.166 e. The van der Waals surface area contributed by atoms with Crippen molar-refractivity contribution in [2.45, 2.75) is 50.4 Å². The topological polar surface area (TPSA) is 34.1 Å². The number of hydrogen-bond acceptors (Lipinski definition) is 5. The molecule has 1 aromatic carbocycles. The molecule has 0 bridgehead atoms. The molecule has 0 unspecified atom stereocenters. The summed E-state index contributed by atoms with van der Waals surface area (Å²) >= 11 is 3.30. The highest BCUT2D eigenvalue weighted by atomic mass is 32.2. The van der Waals surface area contributed by atoms with Gasteiger partial charge in [0.2, 0.25) is 0 Å². The van der Waals surface area contributed by atoms with E-state index in [1.54, 1.807) is 23.3 Å². The van der Waals surface area contributed by atoms with Gasteiger partial charge in [-0.1, -0.05) is 13.3 Å². The van der Waals surface area contributed by atoms with Gasteiger partial charge in [-0.05, 0) is 57.3 Å². The largest absolute Gasteiger partial charge is 0.494 e. The molecule has 0 spiro atoms. The van der Waals surface area contributed by atoms with E-state index in [0.717, 1.165) is 35.1 Å². The Bertz CT molecular complexity index is 560. The zero-order valence-electron chi connectivity index (χ0n) is 12.5. The van der Waals surface area contributed by atoms with E-state index in [0.29, 0.717) is 0 Å². The Labute approximate surface area is 129 Å². The molecule has 1 heterocycles. The Morgan fingerprint density at radius 1 is 1.35 bits per heavy atom. The fraction of sp³-hybridized carbons (Fsp3) is 0.533. The minimum atomic E-state index is 0.0803. The lowest BCUT2D eigenvalue weighted by atomic mass is 10.1. The van der Waals surface area contributed by atoms with Crippen LogP contribution in [0.3, 0.4) is 0 Å². The Morgan fingerprint density at radius 3 is 2.85 bits per heavy atom. The van der Waals surface area contributed by atoms with E-state index in [2.05, 4.69) is 43.5 Å². The molecule has 0 fully saturated rings. The first-order valence-electron chi connectivity index (χ1n) is 6.95. The van der Waals surface area contributed by atoms with Gasteiger partial charge < -0.3 is 4.74 Å². The van der Waals surface area contributed by atoms with Crippen molar-refractivity contribution in [3.05, 3.63) is 18.2 Å². The van der Waals surface area contributed by atoms with E-state index in [-0.39, 0.29) is 5.54 Å². The molecule has 0 saturated heterocycles. The van der Waals surface area contributed by atoms with Gasteiger partial charge >= 0.3 is 0 Å². The molecule has 1 N–H and O–H groups in total. The van der Waals surface area contributed by atoms with E-state index in [1.807, 2.05) is 12.1 Å². The molecule has 3 nitrogen and oxygen atoms in total. The number of nitrogens with zero attached hydrogens (tertiary/aromatic N) is 1. The summed E-state index contributed by atoms with van der Waals surface area (Å²) in [4.78, 5) is 4.62. The average molecular weight is 310 g/mol. The molecule has 2 aromatic rings. The monoisotopic (exact) mass is 310 g/mol. The number of benzene rings is 1. The van der Waals surface area contributed by atoms with Crippen LogP contribution in [0.4, 0.5) is 0 Å². The third-order valence-electron chi connectivity index (χ3n) is 2.55. The third kappa shape index (κ3) is 4.65. The van der Waals surface area contributed by atoms with Crippen LogP contribution in [0.5, 0.6) is 5.75 Å². The van der Waals surface area contributed by atoms with Crippen molar-refractivity contribution in [1.82, 2.24) is 9.71 Å². The summed E-state index contributed by atoms with van der Waals surface area (Å²) in [5, 5.41) is 0. The summed E-state index contributed by atoms with van der Waals surface area (Å²) in [6.45, 7) is 9.39. The second-order valence-corrected chi connectivity index (χ2v) is 7.85. The van der Waals surface area contributed by atoms with Crippen molar-refractivity contribution in [3.63, 3.8) is 0 Å². The second kappa shape index (κ2) is 6.78. The number of nitrogens with one attached hydrogen (secondary N) is 1. The summed E-state index contributed by atoms with van der Waals surface area (Å²) in [6.07, 6.45) is 2.25. The number of aromatic nitrogens is 1. The summed E-state index contributed by atoms with van der Waals surface area (Å²) in [5.74, 6) is 0.940. The van der Waals surface area contributed by atoms with E-state index in [9.17, 15) is 0 Å². The molecule has 20 heavy (non-hydrogen) atoms. The Hall–Kier alpha value is -0.780. The van der Waals surface area contributed by atoms with E-state index in [4.69, 9.17) is 4.74 Å². The summed E-state index contributed by atoms with van der Waals surface area (Å²) < 4.78 is 11.3. The Balaban J connectivity index is 2.05. The van der Waals surface area contributed by atoms with Crippen molar-refractivity contribution in [3.8, 4) is 5.75 Å². The maximum Gasteiger partial charge on any atom is 0.166 e. The van der Waals surface area contributed by atoms with E-state index in [1.165, 1.54) is 4.70 Å². The van der Waals surface area contributed by atoms with Gasteiger partial charge in [0.25, 0.3) is 0 Å². The number of ether oxygens (including phenoxy) is 1. The van der Waals surface area contributed by atoms with Crippen LogP contribution in [-0.4, -0.2) is 17.1 Å². The highest BCUT2D eigenvalue weighted by Gasteiger charge is 2.12. The predicted octanol–water partition coefficient (Wildman–Crippen LogP) is 4.87. The SMILES string of the molecule is CCCCOc1ccc2nc(SNC(C)(C)C)sc2c1. The number of hydrogen-bond donors (Lipinski definition) is 1. The molecule has 1 aromatic heterocycles. The first-order valence-corrected chi connectivity index (χ1v) is 8.58. The Kier molecular flexibility index (Phi) is 5.29. The first kappa shape index (κ1) is 15.6. The molecule has 0 amide bonds. The molecule has 0 radical (unpaired) electrons. The highest BCUT2D eigenvalue weighted by molar-refractivity contribution is 7.99. The lowest BCUT2D eigenvalue weighted by Crippen LogP contribution is -2.29. The molecule has 0 aliphatic carbocycles. The van der Waals surface area contributed by atoms with Gasteiger partial charge in [-0.3, -0.25) is 4.72 Å². The summed E-state index contributed by atoms with van der Waals surface area (Å²) in [6, 6.07) is 6.13. The minimum Gasteiger partial charge on any atom is -0.494 e. The molecule has 0 aliphatic heterocycles.